The second-order valence-corrected chi connectivity index (χ2v) is 8.20. The zero-order valence-corrected chi connectivity index (χ0v) is 20.3. The van der Waals surface area contributed by atoms with Gasteiger partial charge in [0.25, 0.3) is 0 Å². The van der Waals surface area contributed by atoms with E-state index < -0.39 is 0 Å². The molecular formula is C21H26BrClN6O3. The van der Waals surface area contributed by atoms with Gasteiger partial charge >= 0.3 is 0 Å². The number of nitrogens with one attached hydrogen (secondary N) is 1. The summed E-state index contributed by atoms with van der Waals surface area (Å²) in [6, 6.07) is 5.82. The number of nitrogens with zero attached hydrogens (tertiary/aromatic N) is 4. The Labute approximate surface area is 200 Å². The van der Waals surface area contributed by atoms with Crippen LogP contribution in [-0.2, 0) is 4.79 Å². The van der Waals surface area contributed by atoms with E-state index in [0.29, 0.717) is 36.8 Å². The summed E-state index contributed by atoms with van der Waals surface area (Å²) in [6.45, 7) is 1.90. The van der Waals surface area contributed by atoms with Crippen molar-refractivity contribution in [2.45, 2.75) is 18.9 Å². The minimum atomic E-state index is -0.00439. The monoisotopic (exact) mass is 524 g/mol. The SMILES string of the molecule is COc1cc(OC)c(-c2cn3ccc(N4CC[C@H](NC(=O)CCN)C4)nc3n2)cc1Br.Cl. The van der Waals surface area contributed by atoms with Crippen molar-refractivity contribution in [1.82, 2.24) is 19.7 Å². The predicted molar refractivity (Wildman–Crippen MR) is 129 cm³/mol. The molecule has 0 bridgehead atoms. The molecule has 0 radical (unpaired) electrons. The van der Waals surface area contributed by atoms with Gasteiger partial charge in [-0.3, -0.25) is 9.20 Å². The highest BCUT2D eigenvalue weighted by molar-refractivity contribution is 9.10. The fraction of sp³-hybridized carbons (Fsp3) is 0.381. The molecule has 1 saturated heterocycles. The molecule has 3 heterocycles. The average molecular weight is 526 g/mol. The lowest BCUT2D eigenvalue weighted by molar-refractivity contribution is -0.121. The van der Waals surface area contributed by atoms with Gasteiger partial charge in [-0.15, -0.1) is 12.4 Å². The molecule has 0 spiro atoms. The molecule has 3 N–H and O–H groups in total. The van der Waals surface area contributed by atoms with E-state index >= 15 is 0 Å². The van der Waals surface area contributed by atoms with Crippen LogP contribution in [0.3, 0.4) is 0 Å². The Balaban J connectivity index is 0.00000289. The lowest BCUT2D eigenvalue weighted by atomic mass is 10.1. The Kier molecular flexibility index (Phi) is 7.81. The van der Waals surface area contributed by atoms with Crippen LogP contribution in [0.1, 0.15) is 12.8 Å². The van der Waals surface area contributed by atoms with Crippen molar-refractivity contribution >= 4 is 45.8 Å². The number of halogens is 2. The van der Waals surface area contributed by atoms with Crippen molar-refractivity contribution in [1.29, 1.82) is 0 Å². The van der Waals surface area contributed by atoms with Crippen molar-refractivity contribution in [3.63, 3.8) is 0 Å². The van der Waals surface area contributed by atoms with E-state index in [1.807, 2.05) is 35.0 Å². The first-order valence-corrected chi connectivity index (χ1v) is 10.8. The third-order valence-electron chi connectivity index (χ3n) is 5.31. The summed E-state index contributed by atoms with van der Waals surface area (Å²) in [5.41, 5.74) is 7.04. The zero-order valence-electron chi connectivity index (χ0n) is 17.9. The van der Waals surface area contributed by atoms with Gasteiger partial charge in [0.2, 0.25) is 11.7 Å². The fourth-order valence-corrected chi connectivity index (χ4v) is 4.25. The number of fused-ring (bicyclic) bond motifs is 1. The third kappa shape index (κ3) is 4.92. The molecule has 1 atom stereocenters. The second-order valence-electron chi connectivity index (χ2n) is 7.34. The number of ether oxygens (including phenoxy) is 2. The van der Waals surface area contributed by atoms with Gasteiger partial charge in [0, 0.05) is 56.1 Å². The number of hydrogen-bond acceptors (Lipinski definition) is 7. The van der Waals surface area contributed by atoms with Crippen LogP contribution < -0.4 is 25.4 Å². The molecule has 0 unspecified atom stereocenters. The summed E-state index contributed by atoms with van der Waals surface area (Å²) in [7, 11) is 3.23. The lowest BCUT2D eigenvalue weighted by Gasteiger charge is -2.17. The first-order valence-electron chi connectivity index (χ1n) is 10.0. The van der Waals surface area contributed by atoms with Crippen LogP contribution in [0.15, 0.2) is 35.1 Å². The van der Waals surface area contributed by atoms with Gasteiger partial charge in [-0.1, -0.05) is 0 Å². The average Bonchev–Trinajstić information content (AvgIpc) is 3.40. The topological polar surface area (TPSA) is 107 Å². The quantitative estimate of drug-likeness (QED) is 0.488. The predicted octanol–water partition coefficient (Wildman–Crippen LogP) is 2.64. The van der Waals surface area contributed by atoms with E-state index in [4.69, 9.17) is 25.2 Å². The number of anilines is 1. The highest BCUT2D eigenvalue weighted by atomic mass is 79.9. The molecule has 1 fully saturated rings. The van der Waals surface area contributed by atoms with E-state index in [1.54, 1.807) is 14.2 Å². The molecule has 1 aliphatic rings. The molecular weight excluding hydrogens is 500 g/mol. The molecule has 1 aromatic carbocycles. The summed E-state index contributed by atoms with van der Waals surface area (Å²) in [4.78, 5) is 23.4. The minimum Gasteiger partial charge on any atom is -0.496 e. The summed E-state index contributed by atoms with van der Waals surface area (Å²) < 4.78 is 13.6. The highest BCUT2D eigenvalue weighted by Gasteiger charge is 2.25. The van der Waals surface area contributed by atoms with Gasteiger partial charge < -0.3 is 25.4 Å². The van der Waals surface area contributed by atoms with Gasteiger partial charge in [-0.25, -0.2) is 4.98 Å². The van der Waals surface area contributed by atoms with E-state index in [0.717, 1.165) is 34.5 Å². The number of benzene rings is 1. The molecule has 1 amide bonds. The molecule has 4 rings (SSSR count). The Morgan fingerprint density at radius 2 is 2.06 bits per heavy atom. The van der Waals surface area contributed by atoms with Gasteiger partial charge in [0.05, 0.1) is 24.4 Å². The lowest BCUT2D eigenvalue weighted by Crippen LogP contribution is -2.38. The van der Waals surface area contributed by atoms with Crippen molar-refractivity contribution < 1.29 is 14.3 Å². The number of rotatable bonds is 7. The molecule has 2 aromatic heterocycles. The first kappa shape index (κ1) is 24.1. The van der Waals surface area contributed by atoms with Gasteiger partial charge in [-0.05, 0) is 34.5 Å². The van der Waals surface area contributed by atoms with Crippen LogP contribution in [0.25, 0.3) is 17.0 Å². The number of methoxy groups -OCH3 is 2. The standard InChI is InChI=1S/C21H25BrN6O3.ClH/c1-30-17-10-18(31-2)15(22)9-14(17)16-12-28-8-5-19(26-21(28)25-16)27-7-4-13(11-27)24-20(29)3-6-23;/h5,8-10,12-13H,3-4,6-7,11,23H2,1-2H3,(H,24,29);1H/t13-;/m0./s1. The Hall–Kier alpha value is -2.56. The molecule has 32 heavy (non-hydrogen) atoms. The van der Waals surface area contributed by atoms with Crippen LogP contribution in [-0.4, -0.2) is 60.2 Å². The molecule has 3 aromatic rings. The summed E-state index contributed by atoms with van der Waals surface area (Å²) >= 11 is 3.53. The Bertz CT molecular complexity index is 1110. The smallest absolute Gasteiger partial charge is 0.236 e. The van der Waals surface area contributed by atoms with Crippen molar-refractivity contribution in [2.75, 3.05) is 38.8 Å². The van der Waals surface area contributed by atoms with Crippen LogP contribution in [0.2, 0.25) is 0 Å². The van der Waals surface area contributed by atoms with E-state index in [1.165, 1.54) is 0 Å². The number of imidazole rings is 1. The maximum atomic E-state index is 11.8. The number of hydrogen-bond donors (Lipinski definition) is 2. The maximum absolute atomic E-state index is 11.8. The van der Waals surface area contributed by atoms with Crippen LogP contribution in [0, 0.1) is 0 Å². The van der Waals surface area contributed by atoms with Crippen molar-refractivity contribution in [2.24, 2.45) is 5.73 Å². The third-order valence-corrected chi connectivity index (χ3v) is 5.93. The van der Waals surface area contributed by atoms with Gasteiger partial charge in [0.15, 0.2) is 0 Å². The van der Waals surface area contributed by atoms with Gasteiger partial charge in [0.1, 0.15) is 17.3 Å². The normalized spacial score (nSPS) is 15.5. The highest BCUT2D eigenvalue weighted by Crippen LogP contribution is 2.38. The van der Waals surface area contributed by atoms with Gasteiger partial charge in [-0.2, -0.15) is 4.98 Å². The van der Waals surface area contributed by atoms with Crippen molar-refractivity contribution in [3.05, 3.63) is 35.1 Å². The molecule has 0 saturated carbocycles. The molecule has 0 aliphatic carbocycles. The molecule has 9 nitrogen and oxygen atoms in total. The van der Waals surface area contributed by atoms with E-state index in [2.05, 4.69) is 26.1 Å². The summed E-state index contributed by atoms with van der Waals surface area (Å²) in [6.07, 6.45) is 5.09. The molecule has 172 valence electrons. The van der Waals surface area contributed by atoms with E-state index in [9.17, 15) is 4.79 Å². The maximum Gasteiger partial charge on any atom is 0.236 e. The largest absolute Gasteiger partial charge is 0.496 e. The number of aromatic nitrogens is 3. The number of carbonyl (C=O) groups excluding carboxylic acids is 1. The number of nitrogens with two attached hydrogens (primary N) is 1. The van der Waals surface area contributed by atoms with Crippen LogP contribution >= 0.6 is 28.3 Å². The Morgan fingerprint density at radius 3 is 2.78 bits per heavy atom. The van der Waals surface area contributed by atoms with Crippen LogP contribution in [0.5, 0.6) is 11.5 Å². The van der Waals surface area contributed by atoms with Crippen LogP contribution in [0.4, 0.5) is 5.82 Å². The van der Waals surface area contributed by atoms with Crippen molar-refractivity contribution in [3.8, 4) is 22.8 Å². The summed E-state index contributed by atoms with van der Waals surface area (Å²) in [5, 5.41) is 3.03. The van der Waals surface area contributed by atoms with E-state index in [-0.39, 0.29) is 24.4 Å². The fourth-order valence-electron chi connectivity index (χ4n) is 3.75. The number of amides is 1. The minimum absolute atomic E-state index is 0. The molecule has 1 aliphatic heterocycles. The molecule has 11 heteroatoms. The summed E-state index contributed by atoms with van der Waals surface area (Å²) in [5.74, 6) is 2.78. The Morgan fingerprint density at radius 1 is 1.28 bits per heavy atom. The zero-order chi connectivity index (χ0) is 22.0. The number of carbonyl (C=O) groups is 1. The second kappa shape index (κ2) is 10.4. The first-order chi connectivity index (χ1) is 15.0.